The Labute approximate surface area is 201 Å². The van der Waals surface area contributed by atoms with Crippen LogP contribution < -0.4 is 22.3 Å². The first kappa shape index (κ1) is 21.6. The summed E-state index contributed by atoms with van der Waals surface area (Å²) in [6, 6.07) is 15.1. The Balaban J connectivity index is 1.47. The van der Waals surface area contributed by atoms with E-state index in [0.29, 0.717) is 16.8 Å². The number of rotatable bonds is 4. The Morgan fingerprint density at radius 3 is 2.35 bits per heavy atom. The molecule has 10 nitrogen and oxygen atoms in total. The van der Waals surface area contributed by atoms with Crippen LogP contribution in [0, 0.1) is 0 Å². The second kappa shape index (κ2) is 8.58. The van der Waals surface area contributed by atoms with Gasteiger partial charge in [-0.2, -0.15) is 15.1 Å². The van der Waals surface area contributed by atoms with Crippen molar-refractivity contribution >= 4 is 51.7 Å². The van der Waals surface area contributed by atoms with Crippen LogP contribution in [0.1, 0.15) is 0 Å². The molecule has 4 N–H and O–H groups in total. The van der Waals surface area contributed by atoms with Gasteiger partial charge in [0.05, 0.1) is 26.8 Å². The van der Waals surface area contributed by atoms with E-state index in [2.05, 4.69) is 30.5 Å². The molecule has 0 spiro atoms. The minimum atomic E-state index is -0.678. The number of para-hydroxylation sites is 1. The molecule has 3 aromatic heterocycles. The lowest BCUT2D eigenvalue weighted by atomic mass is 10.1. The molecule has 0 saturated heterocycles. The Morgan fingerprint density at radius 2 is 1.68 bits per heavy atom. The monoisotopic (exact) mass is 492 g/mol. The van der Waals surface area contributed by atoms with Gasteiger partial charge in [0.1, 0.15) is 5.82 Å². The normalized spacial score (nSPS) is 11.0. The predicted octanol–water partition coefficient (Wildman–Crippen LogP) is 3.56. The maximum atomic E-state index is 12.8. The SMILES string of the molecule is Nc1c2cnc(Nc3ccc(-c4ccc(=O)[nH]n4)cc3)nc2nc(=O)n1-c1c(Cl)cccc1Cl. The van der Waals surface area contributed by atoms with E-state index >= 15 is 0 Å². The van der Waals surface area contributed by atoms with Crippen LogP contribution in [0.15, 0.2) is 70.4 Å². The Morgan fingerprint density at radius 1 is 0.941 bits per heavy atom. The summed E-state index contributed by atoms with van der Waals surface area (Å²) in [4.78, 5) is 36.6. The number of nitrogens with zero attached hydrogens (tertiary/aromatic N) is 5. The van der Waals surface area contributed by atoms with Gasteiger partial charge in [-0.05, 0) is 30.3 Å². The lowest BCUT2D eigenvalue weighted by molar-refractivity contribution is 0.940. The van der Waals surface area contributed by atoms with E-state index in [0.717, 1.165) is 10.1 Å². The molecule has 2 aromatic carbocycles. The van der Waals surface area contributed by atoms with Crippen molar-refractivity contribution in [1.29, 1.82) is 0 Å². The van der Waals surface area contributed by atoms with E-state index in [1.807, 2.05) is 12.1 Å². The van der Waals surface area contributed by atoms with Crippen LogP contribution in [0.4, 0.5) is 17.5 Å². The number of aromatic amines is 1. The Kier molecular flexibility index (Phi) is 5.44. The number of anilines is 3. The maximum Gasteiger partial charge on any atom is 0.355 e. The van der Waals surface area contributed by atoms with Gasteiger partial charge in [-0.15, -0.1) is 0 Å². The van der Waals surface area contributed by atoms with E-state index in [4.69, 9.17) is 28.9 Å². The van der Waals surface area contributed by atoms with E-state index in [1.54, 1.807) is 36.4 Å². The predicted molar refractivity (Wildman–Crippen MR) is 131 cm³/mol. The molecule has 0 bridgehead atoms. The van der Waals surface area contributed by atoms with Gasteiger partial charge in [0.15, 0.2) is 5.65 Å². The summed E-state index contributed by atoms with van der Waals surface area (Å²) in [7, 11) is 0. The number of H-pyrrole nitrogens is 1. The van der Waals surface area contributed by atoms with Crippen LogP contribution in [0.2, 0.25) is 10.0 Å². The number of nitrogen functional groups attached to an aromatic ring is 1. The highest BCUT2D eigenvalue weighted by atomic mass is 35.5. The van der Waals surface area contributed by atoms with E-state index < -0.39 is 5.69 Å². The first-order chi connectivity index (χ1) is 16.4. The van der Waals surface area contributed by atoms with Crippen molar-refractivity contribution in [3.63, 3.8) is 0 Å². The van der Waals surface area contributed by atoms with Gasteiger partial charge in [0.2, 0.25) is 5.95 Å². The van der Waals surface area contributed by atoms with Gasteiger partial charge >= 0.3 is 5.69 Å². The molecule has 0 aliphatic rings. The van der Waals surface area contributed by atoms with Crippen molar-refractivity contribution in [2.75, 3.05) is 11.1 Å². The van der Waals surface area contributed by atoms with Gasteiger partial charge in [-0.3, -0.25) is 4.79 Å². The van der Waals surface area contributed by atoms with Crippen molar-refractivity contribution in [1.82, 2.24) is 29.7 Å². The molecule has 3 heterocycles. The lowest BCUT2D eigenvalue weighted by Gasteiger charge is -2.14. The van der Waals surface area contributed by atoms with E-state index in [1.165, 1.54) is 12.3 Å². The minimum absolute atomic E-state index is 0.0642. The summed E-state index contributed by atoms with van der Waals surface area (Å²) in [6.07, 6.45) is 1.46. The molecule has 0 saturated carbocycles. The van der Waals surface area contributed by atoms with Crippen molar-refractivity contribution in [2.45, 2.75) is 0 Å². The average molecular weight is 493 g/mol. The highest BCUT2D eigenvalue weighted by Crippen LogP contribution is 2.30. The second-order valence-corrected chi connectivity index (χ2v) is 7.94. The molecule has 5 aromatic rings. The molecule has 0 unspecified atom stereocenters. The zero-order valence-corrected chi connectivity index (χ0v) is 18.7. The smallest absolute Gasteiger partial charge is 0.355 e. The molecule has 0 radical (unpaired) electrons. The Bertz CT molecular complexity index is 1620. The summed E-state index contributed by atoms with van der Waals surface area (Å²) in [5.41, 5.74) is 7.79. The van der Waals surface area contributed by atoms with Gasteiger partial charge in [-0.1, -0.05) is 41.4 Å². The van der Waals surface area contributed by atoms with Crippen LogP contribution >= 0.6 is 23.2 Å². The quantitative estimate of drug-likeness (QED) is 0.345. The fourth-order valence-corrected chi connectivity index (χ4v) is 3.91. The summed E-state index contributed by atoms with van der Waals surface area (Å²) in [6.45, 7) is 0. The molecule has 0 fully saturated rings. The van der Waals surface area contributed by atoms with Crippen molar-refractivity contribution < 1.29 is 0 Å². The van der Waals surface area contributed by atoms with Crippen LogP contribution in [0.5, 0.6) is 0 Å². The lowest BCUT2D eigenvalue weighted by Crippen LogP contribution is -2.25. The minimum Gasteiger partial charge on any atom is -0.384 e. The Hall–Kier alpha value is -4.28. The topological polar surface area (TPSA) is 144 Å². The second-order valence-electron chi connectivity index (χ2n) is 7.12. The van der Waals surface area contributed by atoms with Crippen molar-refractivity contribution in [3.05, 3.63) is 91.7 Å². The molecule has 168 valence electrons. The fraction of sp³-hybridized carbons (Fsp3) is 0. The third-order valence-corrected chi connectivity index (χ3v) is 5.57. The number of fused-ring (bicyclic) bond motifs is 1. The molecule has 0 aliphatic carbocycles. The van der Waals surface area contributed by atoms with Crippen LogP contribution in [-0.2, 0) is 0 Å². The number of halogens is 2. The highest BCUT2D eigenvalue weighted by Gasteiger charge is 2.17. The molecule has 34 heavy (non-hydrogen) atoms. The molecule has 0 aliphatic heterocycles. The number of aromatic nitrogens is 6. The zero-order chi connectivity index (χ0) is 23.8. The van der Waals surface area contributed by atoms with E-state index in [-0.39, 0.29) is 38.7 Å². The molecule has 0 atom stereocenters. The number of benzene rings is 2. The maximum absolute atomic E-state index is 12.8. The van der Waals surface area contributed by atoms with E-state index in [9.17, 15) is 9.59 Å². The molecule has 0 amide bonds. The third kappa shape index (κ3) is 3.96. The third-order valence-electron chi connectivity index (χ3n) is 4.96. The fourth-order valence-electron chi connectivity index (χ4n) is 3.34. The first-order valence-corrected chi connectivity index (χ1v) is 10.6. The van der Waals surface area contributed by atoms with Crippen molar-refractivity contribution in [3.8, 4) is 16.9 Å². The van der Waals surface area contributed by atoms with Crippen LogP contribution in [0.3, 0.4) is 0 Å². The zero-order valence-electron chi connectivity index (χ0n) is 17.2. The average Bonchev–Trinajstić information content (AvgIpc) is 2.82. The standard InChI is InChI=1S/C22H14Cl2N8O2/c23-14-2-1-3-15(24)18(14)32-19(25)13-10-26-21(28-20(13)29-22(32)34)27-12-6-4-11(5-7-12)16-8-9-17(33)31-30-16/h1-10H,25H2,(H,31,33)(H,27,28,29,34). The van der Waals surface area contributed by atoms with Crippen LogP contribution in [-0.4, -0.2) is 29.7 Å². The molecular formula is C22H14Cl2N8O2. The summed E-state index contributed by atoms with van der Waals surface area (Å²) in [5.74, 6) is 0.288. The number of hydrogen-bond acceptors (Lipinski definition) is 8. The number of nitrogens with one attached hydrogen (secondary N) is 2. The summed E-state index contributed by atoms with van der Waals surface area (Å²) in [5, 5.41) is 10.3. The summed E-state index contributed by atoms with van der Waals surface area (Å²) < 4.78 is 1.13. The van der Waals surface area contributed by atoms with Gasteiger partial charge in [-0.25, -0.2) is 19.4 Å². The first-order valence-electron chi connectivity index (χ1n) is 9.83. The van der Waals surface area contributed by atoms with Crippen molar-refractivity contribution in [2.24, 2.45) is 0 Å². The van der Waals surface area contributed by atoms with Gasteiger partial charge in [0.25, 0.3) is 5.56 Å². The highest BCUT2D eigenvalue weighted by molar-refractivity contribution is 6.37. The molecule has 12 heteroatoms. The van der Waals surface area contributed by atoms with Gasteiger partial charge < -0.3 is 11.1 Å². The largest absolute Gasteiger partial charge is 0.384 e. The molecule has 5 rings (SSSR count). The summed E-state index contributed by atoms with van der Waals surface area (Å²) >= 11 is 12.5. The molecular weight excluding hydrogens is 479 g/mol. The number of hydrogen-bond donors (Lipinski definition) is 3. The van der Waals surface area contributed by atoms with Crippen LogP contribution in [0.25, 0.3) is 28.0 Å². The van der Waals surface area contributed by atoms with Gasteiger partial charge in [0, 0.05) is 23.5 Å². The number of nitrogens with two attached hydrogens (primary N) is 1.